The molecule has 25 heavy (non-hydrogen) atoms. The Morgan fingerprint density at radius 1 is 0.960 bits per heavy atom. The monoisotopic (exact) mass is 378 g/mol. The highest BCUT2D eigenvalue weighted by Gasteiger charge is 2.24. The lowest BCUT2D eigenvalue weighted by Gasteiger charge is -2.27. The summed E-state index contributed by atoms with van der Waals surface area (Å²) < 4.78 is 27.8. The van der Waals surface area contributed by atoms with Crippen LogP contribution in [0, 0.1) is 0 Å². The van der Waals surface area contributed by atoms with Crippen molar-refractivity contribution in [2.24, 2.45) is 0 Å². The van der Waals surface area contributed by atoms with Crippen LogP contribution >= 0.6 is 11.6 Å². The molecule has 3 rings (SSSR count). The van der Waals surface area contributed by atoms with E-state index in [0.29, 0.717) is 18.7 Å². The number of anilines is 1. The fourth-order valence-electron chi connectivity index (χ4n) is 2.89. The quantitative estimate of drug-likeness (QED) is 0.880. The van der Waals surface area contributed by atoms with Crippen molar-refractivity contribution in [2.45, 2.75) is 24.2 Å². The maximum Gasteiger partial charge on any atom is 0.263 e. The van der Waals surface area contributed by atoms with E-state index in [9.17, 15) is 13.2 Å². The SMILES string of the molecule is O=C(c1ccccc1NS(=O)(=O)c1ccccc1Cl)N1CCCCC1. The second-order valence-corrected chi connectivity index (χ2v) is 7.99. The molecule has 0 saturated carbocycles. The number of rotatable bonds is 4. The second kappa shape index (κ2) is 7.45. The standard InChI is InChI=1S/C18H19ClN2O3S/c19-15-9-3-5-11-17(15)25(23,24)20-16-10-4-2-8-14(16)18(22)21-12-6-1-7-13-21/h2-5,8-11,20H,1,6-7,12-13H2. The first-order valence-corrected chi connectivity index (χ1v) is 10.0. The second-order valence-electron chi connectivity index (χ2n) is 5.93. The number of hydrogen-bond donors (Lipinski definition) is 1. The van der Waals surface area contributed by atoms with Gasteiger partial charge in [0.2, 0.25) is 0 Å². The van der Waals surface area contributed by atoms with Crippen LogP contribution < -0.4 is 4.72 Å². The number of benzene rings is 2. The normalized spacial score (nSPS) is 15.0. The Kier molecular flexibility index (Phi) is 5.30. The summed E-state index contributed by atoms with van der Waals surface area (Å²) in [5, 5.41) is 0.134. The van der Waals surface area contributed by atoms with Gasteiger partial charge in [-0.3, -0.25) is 9.52 Å². The van der Waals surface area contributed by atoms with Crippen LogP contribution in [-0.2, 0) is 10.0 Å². The molecule has 2 aromatic rings. The molecule has 132 valence electrons. The van der Waals surface area contributed by atoms with Crippen LogP contribution in [-0.4, -0.2) is 32.3 Å². The van der Waals surface area contributed by atoms with Crippen molar-refractivity contribution in [2.75, 3.05) is 17.8 Å². The van der Waals surface area contributed by atoms with Crippen LogP contribution in [0.4, 0.5) is 5.69 Å². The number of amides is 1. The first kappa shape index (κ1) is 17.8. The minimum Gasteiger partial charge on any atom is -0.339 e. The van der Waals surface area contributed by atoms with Crippen LogP contribution in [0.25, 0.3) is 0 Å². The molecule has 5 nitrogen and oxygen atoms in total. The van der Waals surface area contributed by atoms with E-state index in [1.54, 1.807) is 41.3 Å². The van der Waals surface area contributed by atoms with E-state index in [1.165, 1.54) is 12.1 Å². The fraction of sp³-hybridized carbons (Fsp3) is 0.278. The third kappa shape index (κ3) is 3.96. The van der Waals surface area contributed by atoms with Crippen LogP contribution in [0.2, 0.25) is 5.02 Å². The average Bonchev–Trinajstić information content (AvgIpc) is 2.62. The molecule has 0 unspecified atom stereocenters. The van der Waals surface area contributed by atoms with E-state index in [4.69, 9.17) is 11.6 Å². The highest BCUT2D eigenvalue weighted by molar-refractivity contribution is 7.92. The number of nitrogens with zero attached hydrogens (tertiary/aromatic N) is 1. The summed E-state index contributed by atoms with van der Waals surface area (Å²) >= 11 is 6.00. The van der Waals surface area contributed by atoms with Crippen LogP contribution in [0.15, 0.2) is 53.4 Å². The Hall–Kier alpha value is -2.05. The Morgan fingerprint density at radius 3 is 2.32 bits per heavy atom. The number of halogens is 1. The molecule has 0 radical (unpaired) electrons. The molecule has 0 bridgehead atoms. The molecule has 0 aliphatic carbocycles. The van der Waals surface area contributed by atoms with Crippen molar-refractivity contribution in [1.82, 2.24) is 4.90 Å². The van der Waals surface area contributed by atoms with Gasteiger partial charge in [-0.1, -0.05) is 35.9 Å². The van der Waals surface area contributed by atoms with Gasteiger partial charge in [-0.2, -0.15) is 0 Å². The van der Waals surface area contributed by atoms with Crippen molar-refractivity contribution in [1.29, 1.82) is 0 Å². The molecule has 1 saturated heterocycles. The van der Waals surface area contributed by atoms with Crippen molar-refractivity contribution >= 4 is 33.2 Å². The fourth-order valence-corrected chi connectivity index (χ4v) is 4.49. The Morgan fingerprint density at radius 2 is 1.60 bits per heavy atom. The summed E-state index contributed by atoms with van der Waals surface area (Å²) in [6.45, 7) is 1.40. The van der Waals surface area contributed by atoms with Gasteiger partial charge in [0.05, 0.1) is 16.3 Å². The number of hydrogen-bond acceptors (Lipinski definition) is 3. The zero-order valence-corrected chi connectivity index (χ0v) is 15.2. The number of para-hydroxylation sites is 1. The molecule has 7 heteroatoms. The predicted octanol–water partition coefficient (Wildman–Crippen LogP) is 3.77. The van der Waals surface area contributed by atoms with Crippen molar-refractivity contribution in [3.05, 3.63) is 59.1 Å². The smallest absolute Gasteiger partial charge is 0.263 e. The van der Waals surface area contributed by atoms with Crippen molar-refractivity contribution in [3.63, 3.8) is 0 Å². The lowest BCUT2D eigenvalue weighted by atomic mass is 10.1. The molecule has 1 heterocycles. The van der Waals surface area contributed by atoms with E-state index >= 15 is 0 Å². The van der Waals surface area contributed by atoms with Gasteiger partial charge in [0.25, 0.3) is 15.9 Å². The molecule has 0 atom stereocenters. The molecular weight excluding hydrogens is 360 g/mol. The summed E-state index contributed by atoms with van der Waals surface area (Å²) in [7, 11) is -3.88. The molecule has 0 aromatic heterocycles. The van der Waals surface area contributed by atoms with E-state index < -0.39 is 10.0 Å². The summed E-state index contributed by atoms with van der Waals surface area (Å²) in [5.41, 5.74) is 0.609. The maximum atomic E-state index is 12.8. The number of carbonyl (C=O) groups excluding carboxylic acids is 1. The lowest BCUT2D eigenvalue weighted by Crippen LogP contribution is -2.36. The molecule has 0 spiro atoms. The van der Waals surface area contributed by atoms with Gasteiger partial charge in [-0.25, -0.2) is 8.42 Å². The summed E-state index contributed by atoms with van der Waals surface area (Å²) in [5.74, 6) is -0.155. The molecule has 1 aliphatic heterocycles. The minimum absolute atomic E-state index is 0.0168. The van der Waals surface area contributed by atoms with Gasteiger partial charge < -0.3 is 4.90 Å². The predicted molar refractivity (Wildman–Crippen MR) is 98.5 cm³/mol. The van der Waals surface area contributed by atoms with Gasteiger partial charge in [0, 0.05) is 13.1 Å². The summed E-state index contributed by atoms with van der Waals surface area (Å²) in [6, 6.07) is 12.9. The van der Waals surface area contributed by atoms with Gasteiger partial charge in [-0.05, 0) is 43.5 Å². The Labute approximate surface area is 152 Å². The third-order valence-corrected chi connectivity index (χ3v) is 6.04. The van der Waals surface area contributed by atoms with Crippen LogP contribution in [0.5, 0.6) is 0 Å². The zero-order valence-electron chi connectivity index (χ0n) is 13.6. The molecule has 1 amide bonds. The average molecular weight is 379 g/mol. The first-order valence-electron chi connectivity index (χ1n) is 8.15. The van der Waals surface area contributed by atoms with E-state index in [-0.39, 0.29) is 21.5 Å². The van der Waals surface area contributed by atoms with Gasteiger partial charge >= 0.3 is 0 Å². The van der Waals surface area contributed by atoms with Crippen LogP contribution in [0.1, 0.15) is 29.6 Å². The highest BCUT2D eigenvalue weighted by atomic mass is 35.5. The summed E-state index contributed by atoms with van der Waals surface area (Å²) in [4.78, 5) is 14.5. The number of likely N-dealkylation sites (tertiary alicyclic amines) is 1. The molecular formula is C18H19ClN2O3S. The van der Waals surface area contributed by atoms with Gasteiger partial charge in [0.15, 0.2) is 0 Å². The highest BCUT2D eigenvalue weighted by Crippen LogP contribution is 2.26. The number of carbonyl (C=O) groups is 1. The van der Waals surface area contributed by atoms with Gasteiger partial charge in [0.1, 0.15) is 4.90 Å². The van der Waals surface area contributed by atoms with E-state index in [1.807, 2.05) is 0 Å². The van der Waals surface area contributed by atoms with E-state index in [2.05, 4.69) is 4.72 Å². The molecule has 2 aromatic carbocycles. The van der Waals surface area contributed by atoms with Crippen molar-refractivity contribution < 1.29 is 13.2 Å². The molecule has 1 aliphatic rings. The molecule has 1 fully saturated rings. The zero-order chi connectivity index (χ0) is 17.9. The van der Waals surface area contributed by atoms with Crippen LogP contribution in [0.3, 0.4) is 0 Å². The minimum atomic E-state index is -3.88. The largest absolute Gasteiger partial charge is 0.339 e. The number of sulfonamides is 1. The topological polar surface area (TPSA) is 66.5 Å². The van der Waals surface area contributed by atoms with E-state index in [0.717, 1.165) is 19.3 Å². The summed E-state index contributed by atoms with van der Waals surface area (Å²) in [6.07, 6.45) is 3.06. The number of piperidine rings is 1. The lowest BCUT2D eigenvalue weighted by molar-refractivity contribution is 0.0725. The Bertz CT molecular complexity index is 877. The Balaban J connectivity index is 1.91. The van der Waals surface area contributed by atoms with Gasteiger partial charge in [-0.15, -0.1) is 0 Å². The number of nitrogens with one attached hydrogen (secondary N) is 1. The third-order valence-electron chi connectivity index (χ3n) is 4.17. The molecule has 1 N–H and O–H groups in total. The first-order chi connectivity index (χ1) is 12.0. The maximum absolute atomic E-state index is 12.8. The van der Waals surface area contributed by atoms with Crippen molar-refractivity contribution in [3.8, 4) is 0 Å².